The predicted molar refractivity (Wildman–Crippen MR) is 106 cm³/mol. The number of piperazine rings is 1. The Hall–Kier alpha value is -0.560. The van der Waals surface area contributed by atoms with E-state index in [4.69, 9.17) is 0 Å². The van der Waals surface area contributed by atoms with Crippen molar-refractivity contribution in [3.63, 3.8) is 0 Å². The van der Waals surface area contributed by atoms with E-state index in [-0.39, 0.29) is 42.2 Å². The second kappa shape index (κ2) is 9.09. The molecule has 2 amide bonds. The topological polar surface area (TPSA) is 64.7 Å². The zero-order chi connectivity index (χ0) is 16.6. The highest BCUT2D eigenvalue weighted by Crippen LogP contribution is 2.45. The van der Waals surface area contributed by atoms with E-state index in [1.807, 2.05) is 4.90 Å². The monoisotopic (exact) mass is 406 g/mol. The Morgan fingerprint density at radius 2 is 1.92 bits per heavy atom. The quantitative estimate of drug-likeness (QED) is 0.718. The molecule has 3 atom stereocenters. The van der Waals surface area contributed by atoms with Gasteiger partial charge in [-0.05, 0) is 38.1 Å². The summed E-state index contributed by atoms with van der Waals surface area (Å²) in [6, 6.07) is 0.213. The van der Waals surface area contributed by atoms with E-state index in [0.717, 1.165) is 58.5 Å². The van der Waals surface area contributed by atoms with Gasteiger partial charge >= 0.3 is 0 Å². The Labute approximate surface area is 168 Å². The molecule has 1 unspecified atom stereocenters. The normalized spacial score (nSPS) is 34.5. The first kappa shape index (κ1) is 21.7. The molecule has 26 heavy (non-hydrogen) atoms. The Morgan fingerprint density at radius 1 is 1.08 bits per heavy atom. The molecule has 4 fully saturated rings. The number of carbonyl (C=O) groups excluding carboxylic acids is 2. The number of piperidine rings is 1. The van der Waals surface area contributed by atoms with Crippen molar-refractivity contribution in [2.24, 2.45) is 11.3 Å². The highest BCUT2D eigenvalue weighted by Gasteiger charge is 2.52. The fourth-order valence-corrected chi connectivity index (χ4v) is 5.38. The van der Waals surface area contributed by atoms with Crippen molar-refractivity contribution in [1.82, 2.24) is 20.4 Å². The van der Waals surface area contributed by atoms with Crippen molar-refractivity contribution >= 4 is 36.6 Å². The summed E-state index contributed by atoms with van der Waals surface area (Å²) >= 11 is 0. The van der Waals surface area contributed by atoms with E-state index < -0.39 is 0 Å². The van der Waals surface area contributed by atoms with Crippen LogP contribution >= 0.6 is 24.8 Å². The largest absolute Gasteiger partial charge is 0.340 e. The zero-order valence-corrected chi connectivity index (χ0v) is 17.0. The highest BCUT2D eigenvalue weighted by atomic mass is 35.5. The lowest BCUT2D eigenvalue weighted by atomic mass is 9.67. The van der Waals surface area contributed by atoms with Crippen molar-refractivity contribution in [1.29, 1.82) is 0 Å². The van der Waals surface area contributed by atoms with Gasteiger partial charge in [-0.2, -0.15) is 0 Å². The number of nitrogens with zero attached hydrogens (tertiary/aromatic N) is 2. The molecule has 0 aromatic carbocycles. The van der Waals surface area contributed by atoms with Crippen molar-refractivity contribution in [3.8, 4) is 0 Å². The number of amides is 2. The van der Waals surface area contributed by atoms with Crippen LogP contribution in [-0.4, -0.2) is 73.5 Å². The summed E-state index contributed by atoms with van der Waals surface area (Å²) in [7, 11) is 0. The van der Waals surface area contributed by atoms with Crippen LogP contribution in [0.15, 0.2) is 0 Å². The summed E-state index contributed by atoms with van der Waals surface area (Å²) in [6.45, 7) is 5.54. The van der Waals surface area contributed by atoms with Gasteiger partial charge in [-0.15, -0.1) is 24.8 Å². The third-order valence-electron chi connectivity index (χ3n) is 6.71. The molecule has 150 valence electrons. The minimum atomic E-state index is -0.159. The van der Waals surface area contributed by atoms with Gasteiger partial charge in [0.05, 0.1) is 12.0 Å². The third-order valence-corrected chi connectivity index (χ3v) is 6.71. The first-order valence-corrected chi connectivity index (χ1v) is 9.71. The lowest BCUT2D eigenvalue weighted by Gasteiger charge is -2.45. The van der Waals surface area contributed by atoms with Gasteiger partial charge in [-0.25, -0.2) is 0 Å². The summed E-state index contributed by atoms with van der Waals surface area (Å²) in [4.78, 5) is 29.7. The van der Waals surface area contributed by atoms with Gasteiger partial charge in [-0.3, -0.25) is 9.59 Å². The van der Waals surface area contributed by atoms with Crippen LogP contribution in [0.2, 0.25) is 0 Å². The summed E-state index contributed by atoms with van der Waals surface area (Å²) in [6.07, 6.45) is 6.71. The number of likely N-dealkylation sites (tertiary alicyclic amines) is 1. The number of rotatable bonds is 2. The molecular formula is C18H32Cl2N4O2. The van der Waals surface area contributed by atoms with Gasteiger partial charge < -0.3 is 20.4 Å². The van der Waals surface area contributed by atoms with Crippen molar-refractivity contribution in [3.05, 3.63) is 0 Å². The number of halogens is 2. The van der Waals surface area contributed by atoms with Crippen molar-refractivity contribution < 1.29 is 9.59 Å². The zero-order valence-electron chi connectivity index (χ0n) is 15.4. The number of fused-ring (bicyclic) bond motifs is 1. The van der Waals surface area contributed by atoms with Gasteiger partial charge in [0, 0.05) is 38.8 Å². The van der Waals surface area contributed by atoms with Crippen LogP contribution in [0, 0.1) is 11.3 Å². The Kier molecular flexibility index (Phi) is 7.60. The fourth-order valence-electron chi connectivity index (χ4n) is 5.38. The molecule has 4 aliphatic rings. The number of nitrogens with one attached hydrogen (secondary N) is 2. The minimum absolute atomic E-state index is 0. The molecule has 0 aromatic rings. The molecule has 1 aliphatic carbocycles. The standard InChI is InChI=1S/C18H30N4O2.2ClH/c23-16-11-19-7-9-22(16)15-5-3-8-21(12-15)17(24)18-6-2-1-4-14(18)10-20-13-18;;/h14-15,19-20H,1-13H2;2*1H/t14-,15?,18+;;/m0../s1. The number of hydrogen-bond acceptors (Lipinski definition) is 4. The maximum atomic E-state index is 13.4. The van der Waals surface area contributed by atoms with Crippen LogP contribution in [0.5, 0.6) is 0 Å². The first-order valence-electron chi connectivity index (χ1n) is 9.71. The molecule has 8 heteroatoms. The molecule has 4 rings (SSSR count). The van der Waals surface area contributed by atoms with Crippen LogP contribution in [0.25, 0.3) is 0 Å². The van der Waals surface area contributed by atoms with Gasteiger partial charge in [-0.1, -0.05) is 12.8 Å². The molecule has 3 heterocycles. The van der Waals surface area contributed by atoms with Crippen molar-refractivity contribution in [2.45, 2.75) is 44.6 Å². The van der Waals surface area contributed by atoms with E-state index in [1.54, 1.807) is 0 Å². The maximum Gasteiger partial charge on any atom is 0.236 e. The SMILES string of the molecule is Cl.Cl.O=C1CNCCN1C1CCCN(C(=O)[C@@]23CCCC[C@H]2CNC3)C1. The summed E-state index contributed by atoms with van der Waals surface area (Å²) < 4.78 is 0. The third kappa shape index (κ3) is 3.84. The smallest absolute Gasteiger partial charge is 0.236 e. The molecule has 0 radical (unpaired) electrons. The van der Waals surface area contributed by atoms with Gasteiger partial charge in [0.2, 0.25) is 11.8 Å². The molecule has 0 bridgehead atoms. The van der Waals surface area contributed by atoms with E-state index in [2.05, 4.69) is 15.5 Å². The number of hydrogen-bond donors (Lipinski definition) is 2. The average molecular weight is 407 g/mol. The molecular weight excluding hydrogens is 375 g/mol. The van der Waals surface area contributed by atoms with E-state index in [9.17, 15) is 9.59 Å². The Balaban J connectivity index is 0.00000121. The van der Waals surface area contributed by atoms with E-state index >= 15 is 0 Å². The minimum Gasteiger partial charge on any atom is -0.340 e. The lowest BCUT2D eigenvalue weighted by Crippen LogP contribution is -2.59. The van der Waals surface area contributed by atoms with Gasteiger partial charge in [0.15, 0.2) is 0 Å². The van der Waals surface area contributed by atoms with Gasteiger partial charge in [0.1, 0.15) is 0 Å². The molecule has 6 nitrogen and oxygen atoms in total. The van der Waals surface area contributed by atoms with E-state index in [0.29, 0.717) is 18.4 Å². The Morgan fingerprint density at radius 3 is 2.73 bits per heavy atom. The van der Waals surface area contributed by atoms with Crippen LogP contribution in [0.4, 0.5) is 0 Å². The van der Waals surface area contributed by atoms with Crippen molar-refractivity contribution in [2.75, 3.05) is 45.8 Å². The molecule has 3 aliphatic heterocycles. The van der Waals surface area contributed by atoms with Crippen LogP contribution < -0.4 is 10.6 Å². The Bertz CT molecular complexity index is 521. The first-order chi connectivity index (χ1) is 11.7. The van der Waals surface area contributed by atoms with Gasteiger partial charge in [0.25, 0.3) is 0 Å². The fraction of sp³-hybridized carbons (Fsp3) is 0.889. The molecule has 2 N–H and O–H groups in total. The molecule has 3 saturated heterocycles. The predicted octanol–water partition coefficient (Wildman–Crippen LogP) is 1.03. The maximum absolute atomic E-state index is 13.4. The second-order valence-corrected chi connectivity index (χ2v) is 8.04. The van der Waals surface area contributed by atoms with Crippen LogP contribution in [0.3, 0.4) is 0 Å². The second-order valence-electron chi connectivity index (χ2n) is 8.04. The van der Waals surface area contributed by atoms with Crippen LogP contribution in [0.1, 0.15) is 38.5 Å². The molecule has 0 spiro atoms. The summed E-state index contributed by atoms with van der Waals surface area (Å²) in [5, 5.41) is 6.62. The van der Waals surface area contributed by atoms with Crippen LogP contribution in [-0.2, 0) is 9.59 Å². The molecule has 1 saturated carbocycles. The summed E-state index contributed by atoms with van der Waals surface area (Å²) in [5.41, 5.74) is -0.159. The number of carbonyl (C=O) groups is 2. The summed E-state index contributed by atoms with van der Waals surface area (Å²) in [5.74, 6) is 1.07. The van der Waals surface area contributed by atoms with E-state index in [1.165, 1.54) is 19.3 Å². The lowest BCUT2D eigenvalue weighted by molar-refractivity contribution is -0.150. The molecule has 0 aromatic heterocycles. The highest BCUT2D eigenvalue weighted by molar-refractivity contribution is 5.86. The average Bonchev–Trinajstić information content (AvgIpc) is 3.07.